The van der Waals surface area contributed by atoms with Crippen LogP contribution in [0.3, 0.4) is 0 Å². The Bertz CT molecular complexity index is 122. The van der Waals surface area contributed by atoms with E-state index in [1.54, 1.807) is 0 Å². The van der Waals surface area contributed by atoms with Gasteiger partial charge in [0.2, 0.25) is 0 Å². The summed E-state index contributed by atoms with van der Waals surface area (Å²) in [6.07, 6.45) is 12.6. The van der Waals surface area contributed by atoms with Crippen molar-refractivity contribution in [2.75, 3.05) is 0 Å². The van der Waals surface area contributed by atoms with Gasteiger partial charge in [0, 0.05) is 21.1 Å². The standard InChI is InChI=1S/2C6H12N.2H2O.Pt/c2*7-6-4-2-1-3-5-6;;;/h2*6-7H,1-5H2;2*1H2;/q2*-1;;;/p-2. The molecule has 0 amide bonds. The second kappa shape index (κ2) is 14.6. The van der Waals surface area contributed by atoms with Gasteiger partial charge < -0.3 is 22.4 Å². The van der Waals surface area contributed by atoms with Crippen LogP contribution in [0.25, 0.3) is 11.5 Å². The van der Waals surface area contributed by atoms with Crippen LogP contribution in [0.4, 0.5) is 0 Å². The fraction of sp³-hybridized carbons (Fsp3) is 1.00. The van der Waals surface area contributed by atoms with Crippen molar-refractivity contribution in [3.8, 4) is 0 Å². The van der Waals surface area contributed by atoms with Gasteiger partial charge in [0.1, 0.15) is 0 Å². The Morgan fingerprint density at radius 2 is 0.765 bits per heavy atom. The maximum absolute atomic E-state index is 7.27. The minimum atomic E-state index is 0. The minimum Gasteiger partial charge on any atom is -0.870 e. The van der Waals surface area contributed by atoms with Crippen LogP contribution in [0.15, 0.2) is 0 Å². The molecule has 4 N–H and O–H groups in total. The van der Waals surface area contributed by atoms with Gasteiger partial charge in [-0.2, -0.15) is 0 Å². The molecular formula is C12H26N2O2Pt-4. The average Bonchev–Trinajstić information content (AvgIpc) is 2.21. The maximum atomic E-state index is 7.27. The van der Waals surface area contributed by atoms with E-state index in [0.29, 0.717) is 0 Å². The fourth-order valence-electron chi connectivity index (χ4n) is 2.21. The van der Waals surface area contributed by atoms with E-state index in [0.717, 1.165) is 25.7 Å². The third kappa shape index (κ3) is 12.8. The van der Waals surface area contributed by atoms with E-state index in [2.05, 4.69) is 0 Å². The van der Waals surface area contributed by atoms with Gasteiger partial charge in [0.05, 0.1) is 0 Å². The second-order valence-electron chi connectivity index (χ2n) is 4.67. The summed E-state index contributed by atoms with van der Waals surface area (Å²) in [5.74, 6) is 0. The Hall–Kier alpha value is 0.528. The predicted octanol–water partition coefficient (Wildman–Crippen LogP) is 4.39. The molecule has 0 atom stereocenters. The zero-order valence-electron chi connectivity index (χ0n) is 10.4. The van der Waals surface area contributed by atoms with Crippen LogP contribution in [-0.4, -0.2) is 23.0 Å². The monoisotopic (exact) mass is 425 g/mol. The molecule has 2 fully saturated rings. The van der Waals surface area contributed by atoms with Crippen LogP contribution in [0.5, 0.6) is 0 Å². The Kier molecular flexibility index (Phi) is 19.5. The molecule has 0 bridgehead atoms. The fourth-order valence-corrected chi connectivity index (χ4v) is 2.21. The molecule has 0 saturated heterocycles. The Balaban J connectivity index is -0.000000196. The molecule has 0 aromatic heterocycles. The molecule has 0 spiro atoms. The van der Waals surface area contributed by atoms with Gasteiger partial charge in [0.25, 0.3) is 0 Å². The molecule has 0 unspecified atom stereocenters. The smallest absolute Gasteiger partial charge is 0 e. The Labute approximate surface area is 120 Å². The zero-order valence-corrected chi connectivity index (χ0v) is 12.7. The van der Waals surface area contributed by atoms with Crippen LogP contribution in [-0.2, 0) is 21.1 Å². The molecule has 2 aliphatic rings. The molecule has 2 aliphatic carbocycles. The molecule has 17 heavy (non-hydrogen) atoms. The second-order valence-corrected chi connectivity index (χ2v) is 4.67. The summed E-state index contributed by atoms with van der Waals surface area (Å²) in [6, 6.07) is 0.572. The van der Waals surface area contributed by atoms with Crippen molar-refractivity contribution in [2.45, 2.75) is 76.3 Å². The summed E-state index contributed by atoms with van der Waals surface area (Å²) in [6.45, 7) is 0. The van der Waals surface area contributed by atoms with Crippen molar-refractivity contribution in [2.24, 2.45) is 0 Å². The molecule has 0 heterocycles. The molecule has 4 nitrogen and oxygen atoms in total. The van der Waals surface area contributed by atoms with Gasteiger partial charge in [0.15, 0.2) is 0 Å². The van der Waals surface area contributed by atoms with Crippen LogP contribution < -0.4 is 0 Å². The number of hydrogen-bond acceptors (Lipinski definition) is 2. The van der Waals surface area contributed by atoms with E-state index >= 15 is 0 Å². The van der Waals surface area contributed by atoms with Crippen molar-refractivity contribution in [3.63, 3.8) is 0 Å². The van der Waals surface area contributed by atoms with E-state index < -0.39 is 0 Å². The van der Waals surface area contributed by atoms with Crippen molar-refractivity contribution >= 4 is 0 Å². The molecule has 2 saturated carbocycles. The largest absolute Gasteiger partial charge is 0.870 e. The third-order valence-corrected chi connectivity index (χ3v) is 3.21. The summed E-state index contributed by atoms with van der Waals surface area (Å²) in [7, 11) is 0. The third-order valence-electron chi connectivity index (χ3n) is 3.21. The summed E-state index contributed by atoms with van der Waals surface area (Å²) in [5, 5.41) is 0. The van der Waals surface area contributed by atoms with Crippen LogP contribution in [0.1, 0.15) is 64.2 Å². The van der Waals surface area contributed by atoms with E-state index in [-0.39, 0.29) is 44.1 Å². The maximum Gasteiger partial charge on any atom is 0 e. The number of rotatable bonds is 0. The number of nitrogens with one attached hydrogen (secondary N) is 2. The molecule has 0 aromatic carbocycles. The van der Waals surface area contributed by atoms with E-state index in [4.69, 9.17) is 11.5 Å². The first-order valence-electron chi connectivity index (χ1n) is 6.21. The van der Waals surface area contributed by atoms with Crippen molar-refractivity contribution in [3.05, 3.63) is 11.5 Å². The van der Waals surface area contributed by atoms with E-state index in [9.17, 15) is 0 Å². The molecular weight excluding hydrogens is 399 g/mol. The van der Waals surface area contributed by atoms with E-state index in [1.165, 1.54) is 38.5 Å². The van der Waals surface area contributed by atoms with Crippen molar-refractivity contribution in [1.82, 2.24) is 0 Å². The van der Waals surface area contributed by atoms with Crippen LogP contribution in [0.2, 0.25) is 0 Å². The van der Waals surface area contributed by atoms with Crippen LogP contribution in [0, 0.1) is 0 Å². The molecule has 0 aromatic rings. The molecule has 110 valence electrons. The van der Waals surface area contributed by atoms with Crippen LogP contribution >= 0.6 is 0 Å². The van der Waals surface area contributed by atoms with Gasteiger partial charge in [-0.15, -0.1) is 12.1 Å². The first kappa shape index (κ1) is 22.7. The van der Waals surface area contributed by atoms with Gasteiger partial charge in [-0.3, -0.25) is 0 Å². The normalized spacial score (nSPS) is 20.8. The first-order chi connectivity index (χ1) is 6.79. The summed E-state index contributed by atoms with van der Waals surface area (Å²) in [4.78, 5) is 0. The minimum absolute atomic E-state index is 0. The molecule has 5 heteroatoms. The summed E-state index contributed by atoms with van der Waals surface area (Å²) < 4.78 is 0. The SMILES string of the molecule is [NH-]C1CCCCC1.[NH-]C1CCCCC1.[OH-].[OH-].[Pt]. The predicted molar refractivity (Wildman–Crippen MR) is 66.3 cm³/mol. The summed E-state index contributed by atoms with van der Waals surface area (Å²) >= 11 is 0. The molecule has 0 aliphatic heterocycles. The Morgan fingerprint density at radius 3 is 0.882 bits per heavy atom. The Morgan fingerprint density at radius 1 is 0.529 bits per heavy atom. The van der Waals surface area contributed by atoms with Crippen molar-refractivity contribution < 1.29 is 32.0 Å². The quantitative estimate of drug-likeness (QED) is 0.574. The topological polar surface area (TPSA) is 108 Å². The van der Waals surface area contributed by atoms with Gasteiger partial charge in [-0.1, -0.05) is 64.2 Å². The molecule has 0 radical (unpaired) electrons. The van der Waals surface area contributed by atoms with Gasteiger partial charge in [-0.05, 0) is 0 Å². The molecule has 2 rings (SSSR count). The van der Waals surface area contributed by atoms with Crippen molar-refractivity contribution in [1.29, 1.82) is 0 Å². The zero-order chi connectivity index (χ0) is 10.2. The summed E-state index contributed by atoms with van der Waals surface area (Å²) in [5.41, 5.74) is 14.5. The van der Waals surface area contributed by atoms with E-state index in [1.807, 2.05) is 0 Å². The number of hydrogen-bond donors (Lipinski definition) is 0. The van der Waals surface area contributed by atoms with Gasteiger partial charge >= 0.3 is 0 Å². The first-order valence-corrected chi connectivity index (χ1v) is 6.21. The average molecular weight is 425 g/mol. The van der Waals surface area contributed by atoms with Gasteiger partial charge in [-0.25, -0.2) is 0 Å².